The molecular formula is C25H41N3O5. The van der Waals surface area contributed by atoms with E-state index in [1.807, 2.05) is 23.1 Å². The number of piperazine rings is 1. The van der Waals surface area contributed by atoms with Gasteiger partial charge in [0.05, 0.1) is 13.7 Å². The number of ether oxygens (including phenoxy) is 3. The van der Waals surface area contributed by atoms with Crippen LogP contribution in [0.5, 0.6) is 5.75 Å². The predicted molar refractivity (Wildman–Crippen MR) is 130 cm³/mol. The van der Waals surface area contributed by atoms with Gasteiger partial charge in [-0.15, -0.1) is 0 Å². The van der Waals surface area contributed by atoms with Gasteiger partial charge in [0.15, 0.2) is 0 Å². The number of anilines is 1. The van der Waals surface area contributed by atoms with Crippen molar-refractivity contribution < 1.29 is 23.8 Å². The van der Waals surface area contributed by atoms with E-state index in [1.54, 1.807) is 13.8 Å². The molecule has 1 atom stereocenters. The number of carbonyl (C=O) groups excluding carboxylic acids is 2. The summed E-state index contributed by atoms with van der Waals surface area (Å²) in [5.74, 6) is 0.537. The molecule has 1 N–H and O–H groups in total. The first-order chi connectivity index (χ1) is 15.7. The summed E-state index contributed by atoms with van der Waals surface area (Å²) in [4.78, 5) is 28.3. The van der Waals surface area contributed by atoms with Crippen LogP contribution in [0.2, 0.25) is 0 Å². The zero-order chi connectivity index (χ0) is 24.4. The van der Waals surface area contributed by atoms with Crippen LogP contribution in [0.1, 0.15) is 53.0 Å². The highest BCUT2D eigenvalue weighted by Gasteiger charge is 2.29. The molecule has 1 aromatic rings. The molecule has 2 rings (SSSR count). The van der Waals surface area contributed by atoms with Crippen molar-refractivity contribution in [3.05, 3.63) is 23.8 Å². The predicted octanol–water partition coefficient (Wildman–Crippen LogP) is 3.93. The Morgan fingerprint density at radius 1 is 1.18 bits per heavy atom. The number of unbranched alkanes of at least 4 members (excludes halogenated alkanes) is 1. The molecule has 0 bridgehead atoms. The van der Waals surface area contributed by atoms with Crippen LogP contribution >= 0.6 is 0 Å². The highest BCUT2D eigenvalue weighted by molar-refractivity contribution is 5.83. The molecule has 1 amide bonds. The number of nitrogens with zero attached hydrogens (tertiary/aromatic N) is 2. The molecule has 1 aliphatic heterocycles. The molecule has 8 heteroatoms. The van der Waals surface area contributed by atoms with Gasteiger partial charge in [-0.3, -0.25) is 4.90 Å². The number of rotatable bonds is 11. The van der Waals surface area contributed by atoms with Gasteiger partial charge in [-0.2, -0.15) is 0 Å². The van der Waals surface area contributed by atoms with E-state index in [0.29, 0.717) is 19.8 Å². The number of methoxy groups -OCH3 is 1. The van der Waals surface area contributed by atoms with Crippen molar-refractivity contribution in [3.63, 3.8) is 0 Å². The molecule has 0 unspecified atom stereocenters. The Kier molecular flexibility index (Phi) is 10.3. The smallest absolute Gasteiger partial charge is 0.410 e. The zero-order valence-corrected chi connectivity index (χ0v) is 21.1. The second kappa shape index (κ2) is 12.7. The lowest BCUT2D eigenvalue weighted by molar-refractivity contribution is -0.144. The second-order valence-corrected chi connectivity index (χ2v) is 9.08. The first-order valence-corrected chi connectivity index (χ1v) is 12.0. The van der Waals surface area contributed by atoms with E-state index in [2.05, 4.69) is 31.0 Å². The van der Waals surface area contributed by atoms with Crippen LogP contribution in [0.3, 0.4) is 0 Å². The molecule has 1 aliphatic rings. The van der Waals surface area contributed by atoms with E-state index >= 15 is 0 Å². The average molecular weight is 464 g/mol. The van der Waals surface area contributed by atoms with Gasteiger partial charge in [0.1, 0.15) is 17.9 Å². The van der Waals surface area contributed by atoms with E-state index in [0.717, 1.165) is 55.9 Å². The topological polar surface area (TPSA) is 80.3 Å². The SMILES string of the molecule is CCCCOC(=O)N1CCN(CCOc2ccc(NC(C)(C)C(=O)OC)cc2CC)C[C@@H]1C. The van der Waals surface area contributed by atoms with Crippen molar-refractivity contribution in [3.8, 4) is 5.75 Å². The number of benzene rings is 1. The summed E-state index contributed by atoms with van der Waals surface area (Å²) in [5.41, 5.74) is 1.11. The molecule has 1 saturated heterocycles. The lowest BCUT2D eigenvalue weighted by Crippen LogP contribution is -2.54. The zero-order valence-electron chi connectivity index (χ0n) is 21.1. The van der Waals surface area contributed by atoms with Crippen LogP contribution in [0.4, 0.5) is 10.5 Å². The summed E-state index contributed by atoms with van der Waals surface area (Å²) in [6, 6.07) is 6.00. The van der Waals surface area contributed by atoms with Gasteiger partial charge in [0.25, 0.3) is 0 Å². The third-order valence-electron chi connectivity index (χ3n) is 5.93. The first-order valence-electron chi connectivity index (χ1n) is 12.0. The molecule has 1 aromatic carbocycles. The number of aryl methyl sites for hydroxylation is 1. The van der Waals surface area contributed by atoms with E-state index in [-0.39, 0.29) is 18.1 Å². The number of carbonyl (C=O) groups is 2. The van der Waals surface area contributed by atoms with E-state index in [9.17, 15) is 9.59 Å². The second-order valence-electron chi connectivity index (χ2n) is 9.08. The molecule has 0 radical (unpaired) electrons. The molecule has 33 heavy (non-hydrogen) atoms. The molecule has 0 saturated carbocycles. The molecule has 0 spiro atoms. The maximum absolute atomic E-state index is 12.3. The van der Waals surface area contributed by atoms with Gasteiger partial charge in [-0.25, -0.2) is 9.59 Å². The molecule has 1 heterocycles. The summed E-state index contributed by atoms with van der Waals surface area (Å²) < 4.78 is 16.3. The summed E-state index contributed by atoms with van der Waals surface area (Å²) in [5, 5.41) is 3.23. The Balaban J connectivity index is 1.84. The standard InChI is InChI=1S/C25H41N3O5/c1-7-9-15-33-24(30)28-13-12-27(18-19(28)3)14-16-32-22-11-10-21(17-20(22)8-2)26-25(4,5)23(29)31-6/h10-11,17,19,26H,7-9,12-16,18H2,1-6H3/t19-/m0/s1. The number of hydrogen-bond acceptors (Lipinski definition) is 7. The molecule has 186 valence electrons. The molecule has 1 fully saturated rings. The van der Waals surface area contributed by atoms with Crippen molar-refractivity contribution in [2.75, 3.05) is 51.8 Å². The number of amides is 1. The van der Waals surface area contributed by atoms with Crippen LogP contribution < -0.4 is 10.1 Å². The van der Waals surface area contributed by atoms with E-state index < -0.39 is 5.54 Å². The molecule has 8 nitrogen and oxygen atoms in total. The van der Waals surface area contributed by atoms with Gasteiger partial charge in [-0.1, -0.05) is 20.3 Å². The Labute approximate surface area is 198 Å². The Hall–Kier alpha value is -2.48. The van der Waals surface area contributed by atoms with Crippen molar-refractivity contribution in [2.45, 2.75) is 65.5 Å². The van der Waals surface area contributed by atoms with Crippen LogP contribution in [-0.2, 0) is 20.7 Å². The molecular weight excluding hydrogens is 422 g/mol. The van der Waals surface area contributed by atoms with Gasteiger partial charge >= 0.3 is 12.1 Å². The lowest BCUT2D eigenvalue weighted by atomic mass is 10.0. The maximum atomic E-state index is 12.3. The van der Waals surface area contributed by atoms with E-state index in [1.165, 1.54) is 7.11 Å². The maximum Gasteiger partial charge on any atom is 0.410 e. The van der Waals surface area contributed by atoms with Gasteiger partial charge < -0.3 is 24.4 Å². The fourth-order valence-corrected chi connectivity index (χ4v) is 3.92. The summed E-state index contributed by atoms with van der Waals surface area (Å²) >= 11 is 0. The number of hydrogen-bond donors (Lipinski definition) is 1. The monoisotopic (exact) mass is 463 g/mol. The Bertz CT molecular complexity index is 783. The van der Waals surface area contributed by atoms with Crippen LogP contribution in [0, 0.1) is 0 Å². The van der Waals surface area contributed by atoms with Crippen molar-refractivity contribution in [1.82, 2.24) is 9.80 Å². The summed E-state index contributed by atoms with van der Waals surface area (Å²) in [6.07, 6.45) is 2.53. The van der Waals surface area contributed by atoms with Crippen LogP contribution in [0.25, 0.3) is 0 Å². The van der Waals surface area contributed by atoms with Crippen LogP contribution in [-0.4, -0.2) is 79.9 Å². The normalized spacial score (nSPS) is 16.9. The minimum atomic E-state index is -0.816. The lowest BCUT2D eigenvalue weighted by Gasteiger charge is -2.39. The Morgan fingerprint density at radius 2 is 1.94 bits per heavy atom. The quantitative estimate of drug-likeness (QED) is 0.393. The fraction of sp³-hybridized carbons (Fsp3) is 0.680. The van der Waals surface area contributed by atoms with Gasteiger partial charge in [0, 0.05) is 37.9 Å². The largest absolute Gasteiger partial charge is 0.492 e. The first kappa shape index (κ1) is 26.8. The van der Waals surface area contributed by atoms with Gasteiger partial charge in [-0.05, 0) is 57.4 Å². The molecule has 0 aromatic heterocycles. The summed E-state index contributed by atoms with van der Waals surface area (Å²) in [7, 11) is 1.39. The van der Waals surface area contributed by atoms with Crippen molar-refractivity contribution in [2.24, 2.45) is 0 Å². The van der Waals surface area contributed by atoms with Crippen molar-refractivity contribution >= 4 is 17.7 Å². The van der Waals surface area contributed by atoms with E-state index in [4.69, 9.17) is 14.2 Å². The average Bonchev–Trinajstić information content (AvgIpc) is 2.79. The summed E-state index contributed by atoms with van der Waals surface area (Å²) in [6.45, 7) is 13.9. The third-order valence-corrected chi connectivity index (χ3v) is 5.93. The fourth-order valence-electron chi connectivity index (χ4n) is 3.92. The minimum absolute atomic E-state index is 0.114. The highest BCUT2D eigenvalue weighted by atomic mass is 16.6. The van der Waals surface area contributed by atoms with Crippen LogP contribution in [0.15, 0.2) is 18.2 Å². The minimum Gasteiger partial charge on any atom is -0.492 e. The highest BCUT2D eigenvalue weighted by Crippen LogP contribution is 2.26. The third kappa shape index (κ3) is 7.81. The number of esters is 1. The Morgan fingerprint density at radius 3 is 2.58 bits per heavy atom. The molecule has 0 aliphatic carbocycles. The number of nitrogens with one attached hydrogen (secondary N) is 1. The van der Waals surface area contributed by atoms with Crippen molar-refractivity contribution in [1.29, 1.82) is 0 Å². The van der Waals surface area contributed by atoms with Gasteiger partial charge in [0.2, 0.25) is 0 Å².